The van der Waals surface area contributed by atoms with E-state index in [9.17, 15) is 4.79 Å². The molecule has 0 amide bonds. The van der Waals surface area contributed by atoms with E-state index in [0.29, 0.717) is 13.0 Å². The minimum absolute atomic E-state index is 0.149. The molecule has 0 heterocycles. The third kappa shape index (κ3) is 15.3. The Bertz CT molecular complexity index is 444. The van der Waals surface area contributed by atoms with Crippen LogP contribution in [0.5, 0.6) is 0 Å². The predicted octanol–water partition coefficient (Wildman–Crippen LogP) is 5.05. The van der Waals surface area contributed by atoms with E-state index >= 15 is 0 Å². The number of carbonyl (C=O) groups is 1. The number of carbonyl (C=O) groups excluding carboxylic acids is 1. The van der Waals surface area contributed by atoms with E-state index in [1.54, 1.807) is 0 Å². The second-order valence-corrected chi connectivity index (χ2v) is 28.6. The zero-order valence-electron chi connectivity index (χ0n) is 19.1. The average molecular weight is 439 g/mol. The SMILES string of the molecule is C[Si](C)(C)OC[C@@H](C[C@@H](O[Si](C)(C)C)C(=O)O[Si](C)(C)C)O[Si](C)(C)C. The van der Waals surface area contributed by atoms with Crippen LogP contribution < -0.4 is 0 Å². The molecule has 0 saturated heterocycles. The van der Waals surface area contributed by atoms with Gasteiger partial charge in [-0.05, 0) is 78.6 Å². The van der Waals surface area contributed by atoms with Crippen molar-refractivity contribution in [1.82, 2.24) is 0 Å². The van der Waals surface area contributed by atoms with E-state index in [1.807, 2.05) is 19.6 Å². The molecule has 0 aromatic rings. The Morgan fingerprint density at radius 1 is 0.692 bits per heavy atom. The minimum Gasteiger partial charge on any atom is -0.518 e. The second-order valence-electron chi connectivity index (χ2n) is 10.8. The van der Waals surface area contributed by atoms with Gasteiger partial charge in [-0.1, -0.05) is 0 Å². The maximum atomic E-state index is 12.8. The van der Waals surface area contributed by atoms with Crippen molar-refractivity contribution in [1.29, 1.82) is 0 Å². The molecule has 156 valence electrons. The van der Waals surface area contributed by atoms with Crippen molar-refractivity contribution in [3.05, 3.63) is 0 Å². The van der Waals surface area contributed by atoms with Crippen LogP contribution in [0.3, 0.4) is 0 Å². The summed E-state index contributed by atoms with van der Waals surface area (Å²) < 4.78 is 24.4. The standard InChI is InChI=1S/C17H42O5Si4/c1-23(2,3)19-14-15(20-24(4,5)6)13-16(21-25(7,8)9)17(18)22-26(10,11)12/h15-16H,13-14H2,1-12H3/t15-,16-/m1/s1. The molecule has 5 nitrogen and oxygen atoms in total. The van der Waals surface area contributed by atoms with Gasteiger partial charge in [0.25, 0.3) is 0 Å². The van der Waals surface area contributed by atoms with E-state index < -0.39 is 39.4 Å². The van der Waals surface area contributed by atoms with Crippen LogP contribution in [0.2, 0.25) is 78.6 Å². The van der Waals surface area contributed by atoms with Crippen LogP contribution >= 0.6 is 0 Å². The van der Waals surface area contributed by atoms with Crippen LogP contribution in [0.1, 0.15) is 6.42 Å². The van der Waals surface area contributed by atoms with Crippen molar-refractivity contribution in [2.24, 2.45) is 0 Å². The van der Waals surface area contributed by atoms with Crippen molar-refractivity contribution >= 4 is 39.2 Å². The Labute approximate surface area is 165 Å². The molecule has 0 aromatic heterocycles. The lowest BCUT2D eigenvalue weighted by Gasteiger charge is -2.33. The van der Waals surface area contributed by atoms with Gasteiger partial charge in [0.2, 0.25) is 8.32 Å². The van der Waals surface area contributed by atoms with Crippen LogP contribution in [0.15, 0.2) is 0 Å². The molecule has 0 unspecified atom stereocenters. The molecule has 0 aromatic carbocycles. The molecule has 0 N–H and O–H groups in total. The normalized spacial score (nSPS) is 16.3. The second kappa shape index (κ2) is 9.62. The first-order chi connectivity index (χ1) is 11.3. The van der Waals surface area contributed by atoms with Gasteiger partial charge in [-0.15, -0.1) is 0 Å². The topological polar surface area (TPSA) is 54.0 Å². The molecule has 0 saturated carbocycles. The van der Waals surface area contributed by atoms with Crippen LogP contribution in [-0.2, 0) is 22.5 Å². The van der Waals surface area contributed by atoms with Gasteiger partial charge in [-0.2, -0.15) is 0 Å². The maximum absolute atomic E-state index is 12.8. The molecular weight excluding hydrogens is 397 g/mol. The highest BCUT2D eigenvalue weighted by Gasteiger charge is 2.35. The molecule has 0 bridgehead atoms. The number of rotatable bonds is 11. The first kappa shape index (κ1) is 26.2. The van der Waals surface area contributed by atoms with E-state index in [1.165, 1.54) is 0 Å². The molecule has 0 radical (unpaired) electrons. The highest BCUT2D eigenvalue weighted by molar-refractivity contribution is 6.72. The van der Waals surface area contributed by atoms with Crippen LogP contribution in [-0.4, -0.2) is 58.1 Å². The van der Waals surface area contributed by atoms with Gasteiger partial charge in [0.05, 0.1) is 12.7 Å². The molecule has 26 heavy (non-hydrogen) atoms. The third-order valence-electron chi connectivity index (χ3n) is 2.86. The Morgan fingerprint density at radius 3 is 1.50 bits per heavy atom. The van der Waals surface area contributed by atoms with Gasteiger partial charge in [0.1, 0.15) is 6.10 Å². The summed E-state index contributed by atoms with van der Waals surface area (Å²) in [6.45, 7) is 25.8. The highest BCUT2D eigenvalue weighted by Crippen LogP contribution is 2.21. The van der Waals surface area contributed by atoms with Crippen molar-refractivity contribution < 1.29 is 22.5 Å². The minimum atomic E-state index is -1.98. The Hall–Kier alpha value is 0.218. The highest BCUT2D eigenvalue weighted by atomic mass is 28.4. The first-order valence-electron chi connectivity index (χ1n) is 9.50. The van der Waals surface area contributed by atoms with Gasteiger partial charge < -0.3 is 17.7 Å². The van der Waals surface area contributed by atoms with E-state index in [0.717, 1.165) is 0 Å². The predicted molar refractivity (Wildman–Crippen MR) is 120 cm³/mol. The molecule has 0 fully saturated rings. The summed E-state index contributed by atoms with van der Waals surface area (Å²) in [6.07, 6.45) is -0.244. The Kier molecular flexibility index (Phi) is 9.70. The number of hydrogen-bond donors (Lipinski definition) is 0. The van der Waals surface area contributed by atoms with E-state index in [4.69, 9.17) is 17.7 Å². The fourth-order valence-corrected chi connectivity index (χ4v) is 5.85. The summed E-state index contributed by atoms with van der Waals surface area (Å²) in [6, 6.07) is 0. The monoisotopic (exact) mass is 438 g/mol. The van der Waals surface area contributed by atoms with Gasteiger partial charge in [0.15, 0.2) is 25.0 Å². The third-order valence-corrected chi connectivity index (χ3v) is 6.74. The molecule has 0 rings (SSSR count). The lowest BCUT2D eigenvalue weighted by Crippen LogP contribution is -2.46. The fourth-order valence-electron chi connectivity index (χ4n) is 2.22. The zero-order chi connectivity index (χ0) is 21.0. The summed E-state index contributed by atoms with van der Waals surface area (Å²) in [7, 11) is -7.32. The van der Waals surface area contributed by atoms with Crippen molar-refractivity contribution in [3.8, 4) is 0 Å². The average Bonchev–Trinajstić information content (AvgIpc) is 2.28. The molecule has 2 atom stereocenters. The summed E-state index contributed by atoms with van der Waals surface area (Å²) >= 11 is 0. The summed E-state index contributed by atoms with van der Waals surface area (Å²) in [5.74, 6) is -0.247. The van der Waals surface area contributed by atoms with Crippen molar-refractivity contribution in [2.75, 3.05) is 6.61 Å². The van der Waals surface area contributed by atoms with Gasteiger partial charge in [-0.25, -0.2) is 0 Å². The molecule has 0 aliphatic rings. The summed E-state index contributed by atoms with van der Waals surface area (Å²) in [5, 5.41) is 0. The van der Waals surface area contributed by atoms with Crippen molar-refractivity contribution in [3.63, 3.8) is 0 Å². The largest absolute Gasteiger partial charge is 0.518 e. The summed E-state index contributed by atoms with van der Waals surface area (Å²) in [5.41, 5.74) is 0. The number of hydrogen-bond acceptors (Lipinski definition) is 5. The van der Waals surface area contributed by atoms with Gasteiger partial charge in [0, 0.05) is 6.42 Å². The van der Waals surface area contributed by atoms with E-state index in [2.05, 4.69) is 58.9 Å². The quantitative estimate of drug-likeness (QED) is 0.423. The first-order valence-corrected chi connectivity index (χ1v) is 23.1. The lowest BCUT2D eigenvalue weighted by atomic mass is 10.2. The zero-order valence-corrected chi connectivity index (χ0v) is 23.1. The molecule has 0 aliphatic carbocycles. The molecule has 9 heteroatoms. The van der Waals surface area contributed by atoms with E-state index in [-0.39, 0.29) is 12.1 Å². The fraction of sp³-hybridized carbons (Fsp3) is 0.941. The molecular formula is C17H42O5Si4. The van der Waals surface area contributed by atoms with Crippen LogP contribution in [0, 0.1) is 0 Å². The van der Waals surface area contributed by atoms with Crippen LogP contribution in [0.25, 0.3) is 0 Å². The van der Waals surface area contributed by atoms with Gasteiger partial charge >= 0.3 is 5.97 Å². The van der Waals surface area contributed by atoms with Crippen molar-refractivity contribution in [2.45, 2.75) is 97.2 Å². The molecule has 0 spiro atoms. The lowest BCUT2D eigenvalue weighted by molar-refractivity contribution is -0.145. The maximum Gasteiger partial charge on any atom is 0.320 e. The Balaban J connectivity index is 5.34. The smallest absolute Gasteiger partial charge is 0.320 e. The van der Waals surface area contributed by atoms with Crippen LogP contribution in [0.4, 0.5) is 0 Å². The Morgan fingerprint density at radius 2 is 1.15 bits per heavy atom. The molecule has 0 aliphatic heterocycles. The van der Waals surface area contributed by atoms with Gasteiger partial charge in [-0.3, -0.25) is 4.79 Å². The summed E-state index contributed by atoms with van der Waals surface area (Å²) in [4.78, 5) is 12.8.